The highest BCUT2D eigenvalue weighted by Crippen LogP contribution is 2.44. The van der Waals surface area contributed by atoms with Gasteiger partial charge in [-0.2, -0.15) is 0 Å². The van der Waals surface area contributed by atoms with E-state index in [-0.39, 0.29) is 43.9 Å². The molecule has 0 aliphatic heterocycles. The zero-order chi connectivity index (χ0) is 24.9. The number of carbonyl (C=O) groups excluding carboxylic acids is 2. The van der Waals surface area contributed by atoms with Crippen LogP contribution in [0.1, 0.15) is 57.6 Å². The molecule has 0 aromatic heterocycles. The summed E-state index contributed by atoms with van der Waals surface area (Å²) in [5.74, 6) is -1.08. The number of nitrogens with zero attached hydrogens (tertiary/aromatic N) is 1. The van der Waals surface area contributed by atoms with Crippen molar-refractivity contribution in [1.82, 2.24) is 10.2 Å². The van der Waals surface area contributed by atoms with E-state index in [1.165, 1.54) is 11.1 Å². The van der Waals surface area contributed by atoms with Crippen molar-refractivity contribution in [3.05, 3.63) is 59.7 Å². The van der Waals surface area contributed by atoms with Crippen LogP contribution < -0.4 is 5.32 Å². The molecule has 1 unspecified atom stereocenters. The first-order valence-corrected chi connectivity index (χ1v) is 11.7. The van der Waals surface area contributed by atoms with Crippen LogP contribution in [0.3, 0.4) is 0 Å². The summed E-state index contributed by atoms with van der Waals surface area (Å²) >= 11 is 0. The smallest absolute Gasteiger partial charge is 0.407 e. The lowest BCUT2D eigenvalue weighted by molar-refractivity contribution is -0.141. The van der Waals surface area contributed by atoms with Gasteiger partial charge in [-0.05, 0) is 41.5 Å². The van der Waals surface area contributed by atoms with Crippen LogP contribution in [0.5, 0.6) is 0 Å². The lowest BCUT2D eigenvalue weighted by Crippen LogP contribution is -2.43. The average molecular weight is 467 g/mol. The van der Waals surface area contributed by atoms with Crippen molar-refractivity contribution in [1.29, 1.82) is 0 Å². The van der Waals surface area contributed by atoms with Gasteiger partial charge in [-0.1, -0.05) is 62.4 Å². The zero-order valence-corrected chi connectivity index (χ0v) is 20.3. The first kappa shape index (κ1) is 25.3. The lowest BCUT2D eigenvalue weighted by Gasteiger charge is -2.31. The molecule has 0 spiro atoms. The molecule has 0 bridgehead atoms. The summed E-state index contributed by atoms with van der Waals surface area (Å²) in [5.41, 5.74) is 4.13. The number of nitrogens with one attached hydrogen (secondary N) is 1. The Kier molecular flexibility index (Phi) is 7.97. The minimum absolute atomic E-state index is 0.0124. The number of ether oxygens (including phenoxy) is 1. The van der Waals surface area contributed by atoms with Crippen LogP contribution in [0, 0.1) is 5.41 Å². The molecule has 7 nitrogen and oxygen atoms in total. The number of rotatable bonds is 10. The van der Waals surface area contributed by atoms with E-state index >= 15 is 0 Å². The molecule has 0 heterocycles. The minimum Gasteiger partial charge on any atom is -0.481 e. The van der Waals surface area contributed by atoms with E-state index in [1.807, 2.05) is 45.0 Å². The van der Waals surface area contributed by atoms with Gasteiger partial charge in [-0.3, -0.25) is 9.59 Å². The molecule has 0 fully saturated rings. The number of alkyl carbamates (subject to hydrolysis) is 1. The molecular weight excluding hydrogens is 432 g/mol. The molecule has 2 aromatic rings. The molecule has 34 heavy (non-hydrogen) atoms. The maximum absolute atomic E-state index is 12.8. The zero-order valence-electron chi connectivity index (χ0n) is 20.3. The Morgan fingerprint density at radius 2 is 1.62 bits per heavy atom. The van der Waals surface area contributed by atoms with Crippen LogP contribution in [0.15, 0.2) is 48.5 Å². The van der Waals surface area contributed by atoms with Crippen molar-refractivity contribution in [2.24, 2.45) is 5.41 Å². The van der Waals surface area contributed by atoms with E-state index in [1.54, 1.807) is 11.8 Å². The summed E-state index contributed by atoms with van der Waals surface area (Å²) in [7, 11) is 0. The van der Waals surface area contributed by atoms with Gasteiger partial charge < -0.3 is 20.1 Å². The van der Waals surface area contributed by atoms with Gasteiger partial charge in [-0.15, -0.1) is 0 Å². The quantitative estimate of drug-likeness (QED) is 0.531. The van der Waals surface area contributed by atoms with Crippen LogP contribution in [0.25, 0.3) is 11.1 Å². The Bertz CT molecular complexity index is 1000. The van der Waals surface area contributed by atoms with E-state index < -0.39 is 17.5 Å². The third-order valence-electron chi connectivity index (χ3n) is 6.35. The van der Waals surface area contributed by atoms with Gasteiger partial charge in [0.15, 0.2) is 0 Å². The Hall–Kier alpha value is -3.35. The standard InChI is InChI=1S/C27H34N2O5/c1-5-29(18(2)14-25(31)32)24(30)15-27(3,4)17-28-26(33)34-16-23-21-12-8-6-10-19(21)20-11-7-9-13-22(20)23/h6-13,18,23H,5,14-17H2,1-4H3,(H,28,33)(H,31,32). The van der Waals surface area contributed by atoms with Crippen molar-refractivity contribution >= 4 is 18.0 Å². The largest absolute Gasteiger partial charge is 0.481 e. The molecule has 7 heteroatoms. The Labute approximate surface area is 201 Å². The Morgan fingerprint density at radius 1 is 1.06 bits per heavy atom. The fraction of sp³-hybridized carbons (Fsp3) is 0.444. The van der Waals surface area contributed by atoms with Gasteiger partial charge in [0.2, 0.25) is 5.91 Å². The lowest BCUT2D eigenvalue weighted by atomic mass is 9.88. The molecule has 0 saturated carbocycles. The number of carboxylic acid groups (broad SMARTS) is 1. The highest BCUT2D eigenvalue weighted by atomic mass is 16.5. The predicted molar refractivity (Wildman–Crippen MR) is 131 cm³/mol. The molecular formula is C27H34N2O5. The number of carboxylic acids is 1. The third-order valence-corrected chi connectivity index (χ3v) is 6.35. The molecule has 0 radical (unpaired) electrons. The van der Waals surface area contributed by atoms with E-state index in [4.69, 9.17) is 9.84 Å². The van der Waals surface area contributed by atoms with Gasteiger partial charge >= 0.3 is 12.1 Å². The summed E-state index contributed by atoms with van der Waals surface area (Å²) in [4.78, 5) is 37.8. The normalized spacial score (nSPS) is 13.5. The maximum atomic E-state index is 12.8. The molecule has 1 atom stereocenters. The van der Waals surface area contributed by atoms with E-state index in [0.717, 1.165) is 11.1 Å². The number of carbonyl (C=O) groups is 3. The van der Waals surface area contributed by atoms with Crippen molar-refractivity contribution < 1.29 is 24.2 Å². The molecule has 2 amide bonds. The summed E-state index contributed by atoms with van der Waals surface area (Å²) in [6.07, 6.45) is -0.430. The van der Waals surface area contributed by atoms with Crippen LogP contribution in [-0.2, 0) is 14.3 Å². The summed E-state index contributed by atoms with van der Waals surface area (Å²) in [5, 5.41) is 11.8. The van der Waals surface area contributed by atoms with Gasteiger partial charge in [0.05, 0.1) is 6.42 Å². The van der Waals surface area contributed by atoms with Crippen LogP contribution in [-0.4, -0.2) is 53.7 Å². The Morgan fingerprint density at radius 3 is 2.15 bits per heavy atom. The second-order valence-corrected chi connectivity index (χ2v) is 9.65. The molecule has 1 aliphatic carbocycles. The Balaban J connectivity index is 1.54. The number of hydrogen-bond donors (Lipinski definition) is 2. The van der Waals surface area contributed by atoms with Gasteiger partial charge in [0.1, 0.15) is 6.61 Å². The second-order valence-electron chi connectivity index (χ2n) is 9.65. The molecule has 1 aliphatic rings. The number of hydrogen-bond acceptors (Lipinski definition) is 4. The fourth-order valence-corrected chi connectivity index (χ4v) is 4.63. The van der Waals surface area contributed by atoms with E-state index in [2.05, 4.69) is 29.6 Å². The van der Waals surface area contributed by atoms with Crippen molar-refractivity contribution in [3.8, 4) is 11.1 Å². The molecule has 0 saturated heterocycles. The summed E-state index contributed by atoms with van der Waals surface area (Å²) in [6.45, 7) is 8.28. The number of amides is 2. The third kappa shape index (κ3) is 5.95. The molecule has 182 valence electrons. The average Bonchev–Trinajstić information content (AvgIpc) is 3.10. The number of fused-ring (bicyclic) bond motifs is 3. The van der Waals surface area contributed by atoms with Gasteiger partial charge in [0, 0.05) is 31.5 Å². The van der Waals surface area contributed by atoms with Crippen LogP contribution in [0.4, 0.5) is 4.79 Å². The van der Waals surface area contributed by atoms with Crippen LogP contribution in [0.2, 0.25) is 0 Å². The van der Waals surface area contributed by atoms with Gasteiger partial charge in [0.25, 0.3) is 0 Å². The van der Waals surface area contributed by atoms with Gasteiger partial charge in [-0.25, -0.2) is 4.79 Å². The summed E-state index contributed by atoms with van der Waals surface area (Å²) < 4.78 is 5.58. The molecule has 3 rings (SSSR count). The van der Waals surface area contributed by atoms with Crippen molar-refractivity contribution in [2.45, 2.75) is 52.5 Å². The first-order valence-electron chi connectivity index (χ1n) is 11.7. The SMILES string of the molecule is CCN(C(=O)CC(C)(C)CNC(=O)OCC1c2ccccc2-c2ccccc21)C(C)CC(=O)O. The fourth-order valence-electron chi connectivity index (χ4n) is 4.63. The number of benzene rings is 2. The van der Waals surface area contributed by atoms with Crippen molar-refractivity contribution in [2.75, 3.05) is 19.7 Å². The highest BCUT2D eigenvalue weighted by Gasteiger charge is 2.30. The molecule has 2 N–H and O–H groups in total. The van der Waals surface area contributed by atoms with Crippen LogP contribution >= 0.6 is 0 Å². The predicted octanol–water partition coefficient (Wildman–Crippen LogP) is 4.65. The monoisotopic (exact) mass is 466 g/mol. The van der Waals surface area contributed by atoms with Crippen molar-refractivity contribution in [3.63, 3.8) is 0 Å². The maximum Gasteiger partial charge on any atom is 0.407 e. The topological polar surface area (TPSA) is 95.9 Å². The van der Waals surface area contributed by atoms with E-state index in [0.29, 0.717) is 6.54 Å². The molecule has 2 aromatic carbocycles. The summed E-state index contributed by atoms with van der Waals surface area (Å²) in [6, 6.07) is 15.9. The highest BCUT2D eigenvalue weighted by molar-refractivity contribution is 5.79. The first-order chi connectivity index (χ1) is 16.1. The number of aliphatic carboxylic acids is 1. The second kappa shape index (κ2) is 10.7. The van der Waals surface area contributed by atoms with E-state index in [9.17, 15) is 14.4 Å². The minimum atomic E-state index is -0.935.